The van der Waals surface area contributed by atoms with Crippen molar-refractivity contribution < 1.29 is 14.4 Å². The summed E-state index contributed by atoms with van der Waals surface area (Å²) in [5.74, 6) is -0.504. The van der Waals surface area contributed by atoms with Gasteiger partial charge in [0.1, 0.15) is 12.2 Å². The monoisotopic (exact) mass is 290 g/mol. The minimum atomic E-state index is -1.10. The lowest BCUT2D eigenvalue weighted by Gasteiger charge is -2.02. The molecule has 0 unspecified atom stereocenters. The first-order valence-corrected chi connectivity index (χ1v) is 6.66. The lowest BCUT2D eigenvalue weighted by Crippen LogP contribution is -2.04. The highest BCUT2D eigenvalue weighted by Crippen LogP contribution is 2.27. The molecule has 0 aliphatic rings. The van der Waals surface area contributed by atoms with Gasteiger partial charge < -0.3 is 9.63 Å². The van der Waals surface area contributed by atoms with Crippen LogP contribution in [0.1, 0.15) is 21.9 Å². The minimum absolute atomic E-state index is 0.0660. The lowest BCUT2D eigenvalue weighted by molar-refractivity contribution is 0.0691. The average molecular weight is 290 g/mol. The Morgan fingerprint density at radius 1 is 1.55 bits per heavy atom. The van der Waals surface area contributed by atoms with E-state index in [1.54, 1.807) is 6.07 Å². The summed E-state index contributed by atoms with van der Waals surface area (Å²) in [5, 5.41) is 22.5. The molecule has 0 saturated carbocycles. The van der Waals surface area contributed by atoms with Crippen LogP contribution in [0, 0.1) is 6.92 Å². The zero-order valence-electron chi connectivity index (χ0n) is 10.5. The fourth-order valence-electron chi connectivity index (χ4n) is 1.86. The van der Waals surface area contributed by atoms with Crippen LogP contribution in [0.15, 0.2) is 28.1 Å². The van der Waals surface area contributed by atoms with Crippen LogP contribution in [-0.4, -0.2) is 31.2 Å². The van der Waals surface area contributed by atoms with E-state index in [-0.39, 0.29) is 12.2 Å². The predicted molar refractivity (Wildman–Crippen MR) is 70.6 cm³/mol. The smallest absolute Gasteiger partial charge is 0.358 e. The third kappa shape index (κ3) is 2.21. The van der Waals surface area contributed by atoms with Gasteiger partial charge in [-0.05, 0) is 18.4 Å². The van der Waals surface area contributed by atoms with E-state index in [0.29, 0.717) is 11.5 Å². The number of nitrogens with zero attached hydrogens (tertiary/aromatic N) is 4. The molecule has 3 rings (SSSR count). The highest BCUT2D eigenvalue weighted by molar-refractivity contribution is 7.13. The fraction of sp³-hybridized carbons (Fsp3) is 0.167. The molecular formula is C12H10N4O3S. The Bertz CT molecular complexity index is 745. The summed E-state index contributed by atoms with van der Waals surface area (Å²) in [6, 6.07) is 5.46. The second kappa shape index (κ2) is 4.89. The summed E-state index contributed by atoms with van der Waals surface area (Å²) in [5.41, 5.74) is 1.17. The van der Waals surface area contributed by atoms with E-state index >= 15 is 0 Å². The Labute approximate surface area is 117 Å². The Morgan fingerprint density at radius 2 is 2.40 bits per heavy atom. The largest absolute Gasteiger partial charge is 0.476 e. The summed E-state index contributed by atoms with van der Waals surface area (Å²) in [6.07, 6.45) is 0. The van der Waals surface area contributed by atoms with E-state index in [1.807, 2.05) is 24.4 Å². The Hall–Kier alpha value is -2.48. The Morgan fingerprint density at radius 3 is 3.00 bits per heavy atom. The molecule has 0 bridgehead atoms. The Kier molecular flexibility index (Phi) is 3.07. The molecule has 20 heavy (non-hydrogen) atoms. The number of aryl methyl sites for hydroxylation is 1. The number of rotatable bonds is 4. The van der Waals surface area contributed by atoms with E-state index in [2.05, 4.69) is 15.5 Å². The van der Waals surface area contributed by atoms with Crippen LogP contribution in [0.3, 0.4) is 0 Å². The molecule has 3 heterocycles. The highest BCUT2D eigenvalue weighted by atomic mass is 32.1. The molecule has 0 aliphatic carbocycles. The molecule has 0 aliphatic heterocycles. The molecule has 8 heteroatoms. The molecule has 1 N–H and O–H groups in total. The van der Waals surface area contributed by atoms with Gasteiger partial charge in [0.25, 0.3) is 0 Å². The van der Waals surface area contributed by atoms with Gasteiger partial charge in [0.15, 0.2) is 11.5 Å². The molecule has 0 atom stereocenters. The number of hydrogen-bond donors (Lipinski definition) is 1. The zero-order chi connectivity index (χ0) is 14.1. The second-order valence-electron chi connectivity index (χ2n) is 4.16. The molecule has 0 saturated heterocycles. The van der Waals surface area contributed by atoms with Crippen molar-refractivity contribution >= 4 is 17.3 Å². The third-order valence-corrected chi connectivity index (χ3v) is 3.55. The maximum Gasteiger partial charge on any atom is 0.358 e. The van der Waals surface area contributed by atoms with Crippen LogP contribution in [0.5, 0.6) is 0 Å². The maximum absolute atomic E-state index is 11.2. The summed E-state index contributed by atoms with van der Waals surface area (Å²) in [4.78, 5) is 12.0. The van der Waals surface area contributed by atoms with Crippen LogP contribution >= 0.6 is 11.3 Å². The van der Waals surface area contributed by atoms with Crippen molar-refractivity contribution in [2.24, 2.45) is 0 Å². The van der Waals surface area contributed by atoms with Gasteiger partial charge in [-0.1, -0.05) is 16.4 Å². The molecule has 0 amide bonds. The molecule has 0 spiro atoms. The number of thiophene rings is 1. The van der Waals surface area contributed by atoms with Crippen molar-refractivity contribution in [2.45, 2.75) is 13.5 Å². The topological polar surface area (TPSA) is 94.0 Å². The van der Waals surface area contributed by atoms with E-state index in [1.165, 1.54) is 16.0 Å². The first-order chi connectivity index (χ1) is 9.65. The average Bonchev–Trinajstić information content (AvgIpc) is 3.10. The van der Waals surface area contributed by atoms with E-state index in [0.717, 1.165) is 10.6 Å². The molecule has 7 nitrogen and oxygen atoms in total. The number of hydrogen-bond acceptors (Lipinski definition) is 6. The number of carbonyl (C=O) groups is 1. The number of carboxylic acids is 1. The zero-order valence-corrected chi connectivity index (χ0v) is 11.3. The number of carboxylic acid groups (broad SMARTS) is 1. The summed E-state index contributed by atoms with van der Waals surface area (Å²) in [6.45, 7) is 2.10. The normalized spacial score (nSPS) is 10.8. The summed E-state index contributed by atoms with van der Waals surface area (Å²) in [7, 11) is 0. The van der Waals surface area contributed by atoms with Crippen LogP contribution in [0.2, 0.25) is 0 Å². The van der Waals surface area contributed by atoms with Crippen LogP contribution in [0.4, 0.5) is 0 Å². The summed E-state index contributed by atoms with van der Waals surface area (Å²) >= 11 is 1.43. The second-order valence-corrected chi connectivity index (χ2v) is 5.11. The quantitative estimate of drug-likeness (QED) is 0.790. The predicted octanol–water partition coefficient (Wildman–Crippen LogP) is 2.05. The highest BCUT2D eigenvalue weighted by Gasteiger charge is 2.22. The molecule has 0 fully saturated rings. The van der Waals surface area contributed by atoms with Crippen molar-refractivity contribution in [2.75, 3.05) is 0 Å². The van der Waals surface area contributed by atoms with Gasteiger partial charge in [0, 0.05) is 6.07 Å². The fourth-order valence-corrected chi connectivity index (χ4v) is 2.64. The van der Waals surface area contributed by atoms with E-state index in [4.69, 9.17) is 4.52 Å². The third-order valence-electron chi connectivity index (χ3n) is 2.67. The SMILES string of the molecule is Cc1cc(Cn2nnc(C(=O)O)c2-c2cccs2)on1. The molecule has 3 aromatic heterocycles. The van der Waals surface area contributed by atoms with Crippen molar-refractivity contribution in [1.82, 2.24) is 20.2 Å². The van der Waals surface area contributed by atoms with Gasteiger partial charge in [-0.25, -0.2) is 9.48 Å². The van der Waals surface area contributed by atoms with Crippen molar-refractivity contribution in [3.8, 4) is 10.6 Å². The molecule has 102 valence electrons. The molecule has 3 aromatic rings. The standard InChI is InChI=1S/C12H10N4O3S/c1-7-5-8(19-14-7)6-16-11(9-3-2-4-20-9)10(12(17)18)13-15-16/h2-5H,6H2,1H3,(H,17,18). The van der Waals surface area contributed by atoms with Gasteiger partial charge in [-0.2, -0.15) is 0 Å². The van der Waals surface area contributed by atoms with Crippen LogP contribution in [-0.2, 0) is 6.54 Å². The summed E-state index contributed by atoms with van der Waals surface area (Å²) < 4.78 is 6.64. The maximum atomic E-state index is 11.2. The Balaban J connectivity index is 2.05. The van der Waals surface area contributed by atoms with Crippen molar-refractivity contribution in [3.63, 3.8) is 0 Å². The van der Waals surface area contributed by atoms with Crippen LogP contribution in [0.25, 0.3) is 10.6 Å². The minimum Gasteiger partial charge on any atom is -0.476 e. The first-order valence-electron chi connectivity index (χ1n) is 5.78. The van der Waals surface area contributed by atoms with Gasteiger partial charge in [0.2, 0.25) is 0 Å². The van der Waals surface area contributed by atoms with Gasteiger partial charge in [0.05, 0.1) is 10.6 Å². The molecule has 0 radical (unpaired) electrons. The van der Waals surface area contributed by atoms with Gasteiger partial charge >= 0.3 is 5.97 Å². The van der Waals surface area contributed by atoms with Crippen molar-refractivity contribution in [1.29, 1.82) is 0 Å². The van der Waals surface area contributed by atoms with Crippen LogP contribution < -0.4 is 0 Å². The van der Waals surface area contributed by atoms with E-state index in [9.17, 15) is 9.90 Å². The van der Waals surface area contributed by atoms with Gasteiger partial charge in [-0.3, -0.25) is 0 Å². The van der Waals surface area contributed by atoms with Gasteiger partial charge in [-0.15, -0.1) is 16.4 Å². The first kappa shape index (κ1) is 12.5. The number of aromatic carboxylic acids is 1. The lowest BCUT2D eigenvalue weighted by atomic mass is 10.2. The van der Waals surface area contributed by atoms with E-state index < -0.39 is 5.97 Å². The molecular weight excluding hydrogens is 280 g/mol. The molecule has 0 aromatic carbocycles. The van der Waals surface area contributed by atoms with Crippen molar-refractivity contribution in [3.05, 3.63) is 40.7 Å². The number of aromatic nitrogens is 4.